The topological polar surface area (TPSA) is 26.3 Å². The van der Waals surface area contributed by atoms with Gasteiger partial charge in [-0.15, -0.1) is 0 Å². The molecule has 0 saturated heterocycles. The third-order valence-corrected chi connectivity index (χ3v) is 1.36. The molecule has 0 unspecified atom stereocenters. The van der Waals surface area contributed by atoms with Crippen LogP contribution in [0.1, 0.15) is 5.56 Å². The number of hydrogen-bond acceptors (Lipinski definition) is 2. The average Bonchev–Trinajstić information content (AvgIpc) is 2.10. The first-order valence-electron chi connectivity index (χ1n) is 3.34. The van der Waals surface area contributed by atoms with E-state index in [4.69, 9.17) is 0 Å². The van der Waals surface area contributed by atoms with Crippen LogP contribution in [-0.4, -0.2) is 6.47 Å². The van der Waals surface area contributed by atoms with Crippen LogP contribution in [0.25, 0.3) is 0 Å². The van der Waals surface area contributed by atoms with E-state index in [-0.39, 0.29) is 18.6 Å². The lowest BCUT2D eigenvalue weighted by Gasteiger charge is -2.01. The molecule has 5 heteroatoms. The molecule has 0 aliphatic rings. The molecule has 0 aliphatic heterocycles. The zero-order chi connectivity index (χ0) is 9.84. The first-order valence-corrected chi connectivity index (χ1v) is 3.34. The summed E-state index contributed by atoms with van der Waals surface area (Å²) in [4.78, 5) is 9.73. The quantitative estimate of drug-likeness (QED) is 0.536. The number of rotatable bonds is 3. The second kappa shape index (κ2) is 3.93. The van der Waals surface area contributed by atoms with Gasteiger partial charge in [0, 0.05) is 0 Å². The monoisotopic (exact) mass is 190 g/mol. The van der Waals surface area contributed by atoms with Crippen LogP contribution in [0.4, 0.5) is 13.2 Å². The highest BCUT2D eigenvalue weighted by molar-refractivity contribution is 5.37. The summed E-state index contributed by atoms with van der Waals surface area (Å²) >= 11 is 0. The van der Waals surface area contributed by atoms with Crippen LogP contribution in [0.3, 0.4) is 0 Å². The van der Waals surface area contributed by atoms with Crippen molar-refractivity contribution >= 4 is 6.47 Å². The van der Waals surface area contributed by atoms with Gasteiger partial charge in [-0.05, 0) is 17.7 Å². The highest BCUT2D eigenvalue weighted by Gasteiger charge is 2.10. The van der Waals surface area contributed by atoms with E-state index in [0.717, 1.165) is 12.1 Å². The normalized spacial score (nSPS) is 9.77. The van der Waals surface area contributed by atoms with Gasteiger partial charge in [-0.25, -0.2) is 13.2 Å². The predicted molar refractivity (Wildman–Crippen MR) is 37.2 cm³/mol. The van der Waals surface area contributed by atoms with Gasteiger partial charge in [0.15, 0.2) is 17.5 Å². The predicted octanol–water partition coefficient (Wildman–Crippen LogP) is 1.78. The first kappa shape index (κ1) is 9.57. The molecule has 0 saturated carbocycles. The minimum absolute atomic E-state index is 0.0588. The van der Waals surface area contributed by atoms with E-state index in [1.807, 2.05) is 0 Å². The lowest BCUT2D eigenvalue weighted by Crippen LogP contribution is -1.96. The van der Waals surface area contributed by atoms with Crippen LogP contribution in [-0.2, 0) is 16.1 Å². The van der Waals surface area contributed by atoms with E-state index >= 15 is 0 Å². The maximum Gasteiger partial charge on any atom is 0.293 e. The van der Waals surface area contributed by atoms with Crippen molar-refractivity contribution in [2.75, 3.05) is 0 Å². The molecule has 70 valence electrons. The Hall–Kier alpha value is -1.52. The molecule has 0 N–H and O–H groups in total. The average molecular weight is 190 g/mol. The number of ether oxygens (including phenoxy) is 1. The number of carbonyl (C=O) groups excluding carboxylic acids is 1. The van der Waals surface area contributed by atoms with E-state index in [0.29, 0.717) is 0 Å². The molecule has 0 heterocycles. The number of hydrogen-bond donors (Lipinski definition) is 0. The molecule has 1 aromatic rings. The minimum atomic E-state index is -1.53. The van der Waals surface area contributed by atoms with Gasteiger partial charge >= 0.3 is 0 Å². The third kappa shape index (κ3) is 2.21. The Morgan fingerprint density at radius 1 is 1.23 bits per heavy atom. The van der Waals surface area contributed by atoms with Gasteiger partial charge in [-0.3, -0.25) is 4.79 Å². The first-order chi connectivity index (χ1) is 6.15. The van der Waals surface area contributed by atoms with Gasteiger partial charge in [-0.1, -0.05) is 0 Å². The Bertz CT molecular complexity index is 302. The van der Waals surface area contributed by atoms with Crippen molar-refractivity contribution in [1.29, 1.82) is 0 Å². The standard InChI is InChI=1S/C8H5F3O2/c9-6-1-5(3-13-4-12)2-7(10)8(6)11/h1-2,4H,3H2. The molecule has 0 amide bonds. The van der Waals surface area contributed by atoms with Gasteiger partial charge in [0.05, 0.1) is 0 Å². The molecule has 0 fully saturated rings. The summed E-state index contributed by atoms with van der Waals surface area (Å²) in [6, 6.07) is 1.53. The minimum Gasteiger partial charge on any atom is -0.463 e. The van der Waals surface area contributed by atoms with E-state index in [9.17, 15) is 18.0 Å². The summed E-state index contributed by atoms with van der Waals surface area (Å²) in [5.74, 6) is -4.14. The third-order valence-electron chi connectivity index (χ3n) is 1.36. The molecular formula is C8H5F3O2. The van der Waals surface area contributed by atoms with E-state index in [2.05, 4.69) is 4.74 Å². The van der Waals surface area contributed by atoms with Gasteiger partial charge in [0.2, 0.25) is 0 Å². The van der Waals surface area contributed by atoms with Crippen LogP contribution in [0, 0.1) is 17.5 Å². The van der Waals surface area contributed by atoms with Crippen molar-refractivity contribution in [2.24, 2.45) is 0 Å². The summed E-state index contributed by atoms with van der Waals surface area (Å²) in [5, 5.41) is 0. The summed E-state index contributed by atoms with van der Waals surface area (Å²) in [7, 11) is 0. The van der Waals surface area contributed by atoms with Gasteiger partial charge in [-0.2, -0.15) is 0 Å². The Morgan fingerprint density at radius 2 is 1.77 bits per heavy atom. The molecule has 0 atom stereocenters. The van der Waals surface area contributed by atoms with Crippen LogP contribution in [0.15, 0.2) is 12.1 Å². The maximum atomic E-state index is 12.5. The number of carbonyl (C=O) groups is 1. The van der Waals surface area contributed by atoms with Crippen molar-refractivity contribution in [3.05, 3.63) is 35.1 Å². The van der Waals surface area contributed by atoms with Crippen LogP contribution in [0.2, 0.25) is 0 Å². The molecule has 0 aliphatic carbocycles. The lowest BCUT2D eigenvalue weighted by atomic mass is 10.2. The summed E-state index contributed by atoms with van der Waals surface area (Å²) in [6.07, 6.45) is 0. The largest absolute Gasteiger partial charge is 0.463 e. The van der Waals surface area contributed by atoms with Crippen LogP contribution >= 0.6 is 0 Å². The Balaban J connectivity index is 2.92. The van der Waals surface area contributed by atoms with Gasteiger partial charge in [0.1, 0.15) is 6.61 Å². The lowest BCUT2D eigenvalue weighted by molar-refractivity contribution is -0.129. The molecule has 0 radical (unpaired) electrons. The fourth-order valence-electron chi connectivity index (χ4n) is 0.822. The second-order valence-electron chi connectivity index (χ2n) is 2.28. The zero-order valence-electron chi connectivity index (χ0n) is 6.39. The van der Waals surface area contributed by atoms with Crippen molar-refractivity contribution in [3.8, 4) is 0 Å². The van der Waals surface area contributed by atoms with Crippen molar-refractivity contribution in [1.82, 2.24) is 0 Å². The molecule has 0 aromatic heterocycles. The Labute approximate surface area is 71.9 Å². The Morgan fingerprint density at radius 3 is 2.23 bits per heavy atom. The highest BCUT2D eigenvalue weighted by Crippen LogP contribution is 2.13. The van der Waals surface area contributed by atoms with Crippen molar-refractivity contribution < 1.29 is 22.7 Å². The van der Waals surface area contributed by atoms with Crippen molar-refractivity contribution in [3.63, 3.8) is 0 Å². The van der Waals surface area contributed by atoms with Gasteiger partial charge < -0.3 is 4.74 Å². The van der Waals surface area contributed by atoms with E-state index < -0.39 is 17.5 Å². The van der Waals surface area contributed by atoms with Crippen LogP contribution in [0.5, 0.6) is 0 Å². The molecule has 1 aromatic carbocycles. The maximum absolute atomic E-state index is 12.5. The number of halogens is 3. The summed E-state index contributed by atoms with van der Waals surface area (Å²) in [5.41, 5.74) is 0.0588. The fourth-order valence-corrected chi connectivity index (χ4v) is 0.822. The van der Waals surface area contributed by atoms with Crippen LogP contribution < -0.4 is 0 Å². The molecule has 2 nitrogen and oxygen atoms in total. The second-order valence-corrected chi connectivity index (χ2v) is 2.28. The SMILES string of the molecule is O=COCc1cc(F)c(F)c(F)c1. The fraction of sp³-hybridized carbons (Fsp3) is 0.125. The molecule has 0 spiro atoms. The number of benzene rings is 1. The smallest absolute Gasteiger partial charge is 0.293 e. The summed E-state index contributed by atoms with van der Waals surface area (Å²) in [6.45, 7) is -0.142. The Kier molecular flexibility index (Phi) is 2.89. The summed E-state index contributed by atoms with van der Waals surface area (Å²) < 4.78 is 41.6. The zero-order valence-corrected chi connectivity index (χ0v) is 6.39. The van der Waals surface area contributed by atoms with Gasteiger partial charge in [0.25, 0.3) is 6.47 Å². The molecule has 1 rings (SSSR count). The molecular weight excluding hydrogens is 185 g/mol. The van der Waals surface area contributed by atoms with Crippen molar-refractivity contribution in [2.45, 2.75) is 6.61 Å². The molecule has 13 heavy (non-hydrogen) atoms. The van der Waals surface area contributed by atoms with E-state index in [1.165, 1.54) is 0 Å². The van der Waals surface area contributed by atoms with E-state index in [1.54, 1.807) is 0 Å². The highest BCUT2D eigenvalue weighted by atomic mass is 19.2. The molecule has 0 bridgehead atoms.